The van der Waals surface area contributed by atoms with E-state index >= 15 is 0 Å². The summed E-state index contributed by atoms with van der Waals surface area (Å²) in [6.45, 7) is 5.69. The Morgan fingerprint density at radius 2 is 1.73 bits per heavy atom. The van der Waals surface area contributed by atoms with E-state index in [0.29, 0.717) is 5.69 Å². The number of carbonyl (C=O) groups is 1. The molecule has 0 amide bonds. The molecule has 3 rings (SSSR count). The largest absolute Gasteiger partial charge is 0.477 e. The first kappa shape index (κ1) is 17.8. The van der Waals surface area contributed by atoms with Crippen LogP contribution in [0.25, 0.3) is 11.4 Å². The van der Waals surface area contributed by atoms with Crippen molar-refractivity contribution < 1.29 is 18.7 Å². The smallest absolute Gasteiger partial charge is 0.354 e. The van der Waals surface area contributed by atoms with Crippen LogP contribution in [0.4, 0.5) is 8.78 Å². The summed E-state index contributed by atoms with van der Waals surface area (Å²) in [6, 6.07) is 8.96. The van der Waals surface area contributed by atoms with E-state index in [1.54, 1.807) is 6.92 Å². The van der Waals surface area contributed by atoms with E-state index in [4.69, 9.17) is 0 Å². The number of hydrogen-bond donors (Lipinski definition) is 1. The molecule has 134 valence electrons. The standard InChI is InChI=1S/C20H18F2N2O2/c1-11-4-5-12(2)15(6-11)10-24-18(20(25)26)13(3)23-19(24)14-7-16(21)9-17(22)8-14/h4-9H,10H2,1-3H3,(H,25,26). The average molecular weight is 356 g/mol. The second-order valence-electron chi connectivity index (χ2n) is 6.35. The van der Waals surface area contributed by atoms with Gasteiger partial charge in [0.2, 0.25) is 0 Å². The van der Waals surface area contributed by atoms with Gasteiger partial charge in [-0.2, -0.15) is 0 Å². The third kappa shape index (κ3) is 3.35. The van der Waals surface area contributed by atoms with E-state index in [-0.39, 0.29) is 23.6 Å². The SMILES string of the molecule is Cc1ccc(C)c(Cn2c(-c3cc(F)cc(F)c3)nc(C)c2C(=O)O)c1. The summed E-state index contributed by atoms with van der Waals surface area (Å²) in [5.41, 5.74) is 3.45. The fraction of sp³-hybridized carbons (Fsp3) is 0.200. The minimum Gasteiger partial charge on any atom is -0.477 e. The lowest BCUT2D eigenvalue weighted by atomic mass is 10.1. The van der Waals surface area contributed by atoms with Crippen LogP contribution in [0.5, 0.6) is 0 Å². The van der Waals surface area contributed by atoms with Gasteiger partial charge in [-0.25, -0.2) is 18.6 Å². The van der Waals surface area contributed by atoms with Crippen LogP contribution in [0.3, 0.4) is 0 Å². The Balaban J connectivity index is 2.21. The van der Waals surface area contributed by atoms with Crippen molar-refractivity contribution in [1.29, 1.82) is 0 Å². The first-order valence-electron chi connectivity index (χ1n) is 8.09. The van der Waals surface area contributed by atoms with E-state index in [9.17, 15) is 18.7 Å². The van der Waals surface area contributed by atoms with Gasteiger partial charge < -0.3 is 9.67 Å². The Morgan fingerprint density at radius 3 is 2.35 bits per heavy atom. The van der Waals surface area contributed by atoms with Crippen molar-refractivity contribution in [2.45, 2.75) is 27.3 Å². The Labute approximate surface area is 149 Å². The van der Waals surface area contributed by atoms with Gasteiger partial charge in [0.25, 0.3) is 0 Å². The van der Waals surface area contributed by atoms with Crippen LogP contribution in [-0.4, -0.2) is 20.6 Å². The summed E-state index contributed by atoms with van der Waals surface area (Å²) in [5.74, 6) is -2.39. The fourth-order valence-corrected chi connectivity index (χ4v) is 3.04. The summed E-state index contributed by atoms with van der Waals surface area (Å²) in [4.78, 5) is 16.0. The fourth-order valence-electron chi connectivity index (χ4n) is 3.04. The number of aryl methyl sites for hydroxylation is 3. The molecule has 1 N–H and O–H groups in total. The molecule has 0 unspecified atom stereocenters. The number of aromatic carboxylic acids is 1. The van der Waals surface area contributed by atoms with Crippen molar-refractivity contribution in [1.82, 2.24) is 9.55 Å². The number of carboxylic acid groups (broad SMARTS) is 1. The van der Waals surface area contributed by atoms with Gasteiger partial charge in [-0.05, 0) is 44.0 Å². The predicted molar refractivity (Wildman–Crippen MR) is 94.3 cm³/mol. The van der Waals surface area contributed by atoms with Gasteiger partial charge in [0, 0.05) is 11.6 Å². The lowest BCUT2D eigenvalue weighted by molar-refractivity contribution is 0.0685. The van der Waals surface area contributed by atoms with E-state index < -0.39 is 17.6 Å². The predicted octanol–water partition coefficient (Wildman–Crippen LogP) is 4.50. The summed E-state index contributed by atoms with van der Waals surface area (Å²) >= 11 is 0. The molecule has 0 atom stereocenters. The van der Waals surface area contributed by atoms with Crippen molar-refractivity contribution in [3.8, 4) is 11.4 Å². The molecule has 1 aromatic heterocycles. The lowest BCUT2D eigenvalue weighted by Crippen LogP contribution is -2.12. The minimum atomic E-state index is -1.14. The third-order valence-electron chi connectivity index (χ3n) is 4.30. The molecule has 0 aliphatic rings. The normalized spacial score (nSPS) is 11.0. The zero-order valence-corrected chi connectivity index (χ0v) is 14.7. The number of imidazole rings is 1. The number of aromatic nitrogens is 2. The zero-order chi connectivity index (χ0) is 19.0. The van der Waals surface area contributed by atoms with Gasteiger partial charge in [0.05, 0.1) is 12.2 Å². The first-order chi connectivity index (χ1) is 12.3. The summed E-state index contributed by atoms with van der Waals surface area (Å²) in [5, 5.41) is 9.61. The summed E-state index contributed by atoms with van der Waals surface area (Å²) in [6.07, 6.45) is 0. The Morgan fingerprint density at radius 1 is 1.08 bits per heavy atom. The van der Waals surface area contributed by atoms with E-state index in [2.05, 4.69) is 4.98 Å². The summed E-state index contributed by atoms with van der Waals surface area (Å²) in [7, 11) is 0. The Kier molecular flexibility index (Phi) is 4.59. The lowest BCUT2D eigenvalue weighted by Gasteiger charge is -2.13. The van der Waals surface area contributed by atoms with Gasteiger partial charge in [-0.1, -0.05) is 23.8 Å². The Hall–Kier alpha value is -3.02. The van der Waals surface area contributed by atoms with Crippen LogP contribution in [0, 0.1) is 32.4 Å². The van der Waals surface area contributed by atoms with Crippen molar-refractivity contribution in [2.75, 3.05) is 0 Å². The number of nitrogens with zero attached hydrogens (tertiary/aromatic N) is 2. The molecular weight excluding hydrogens is 338 g/mol. The molecule has 0 saturated heterocycles. The molecule has 0 fully saturated rings. The highest BCUT2D eigenvalue weighted by atomic mass is 19.1. The molecular formula is C20H18F2N2O2. The second kappa shape index (κ2) is 6.71. The van der Waals surface area contributed by atoms with Crippen LogP contribution in [-0.2, 0) is 6.54 Å². The van der Waals surface area contributed by atoms with E-state index in [1.807, 2.05) is 32.0 Å². The second-order valence-corrected chi connectivity index (χ2v) is 6.35. The molecule has 0 radical (unpaired) electrons. The number of carboxylic acids is 1. The van der Waals surface area contributed by atoms with Crippen LogP contribution in [0.1, 0.15) is 32.9 Å². The molecule has 1 heterocycles. The maximum Gasteiger partial charge on any atom is 0.354 e. The van der Waals surface area contributed by atoms with Gasteiger partial charge in [0.1, 0.15) is 17.5 Å². The molecule has 0 spiro atoms. The van der Waals surface area contributed by atoms with Crippen LogP contribution in [0.15, 0.2) is 36.4 Å². The molecule has 3 aromatic rings. The highest BCUT2D eigenvalue weighted by Crippen LogP contribution is 2.26. The topological polar surface area (TPSA) is 55.1 Å². The third-order valence-corrected chi connectivity index (χ3v) is 4.30. The number of rotatable bonds is 4. The van der Waals surface area contributed by atoms with Crippen molar-refractivity contribution in [2.24, 2.45) is 0 Å². The molecule has 2 aromatic carbocycles. The Bertz CT molecular complexity index is 989. The maximum absolute atomic E-state index is 13.7. The van der Waals surface area contributed by atoms with Crippen LogP contribution >= 0.6 is 0 Å². The monoisotopic (exact) mass is 356 g/mol. The molecule has 0 bridgehead atoms. The van der Waals surface area contributed by atoms with Gasteiger partial charge in [0.15, 0.2) is 5.69 Å². The molecule has 4 nitrogen and oxygen atoms in total. The van der Waals surface area contributed by atoms with Gasteiger partial charge in [-0.15, -0.1) is 0 Å². The highest BCUT2D eigenvalue weighted by Gasteiger charge is 2.22. The molecule has 0 saturated carbocycles. The van der Waals surface area contributed by atoms with Crippen molar-refractivity contribution >= 4 is 5.97 Å². The minimum absolute atomic E-state index is 0.00516. The highest BCUT2D eigenvalue weighted by molar-refractivity contribution is 5.88. The number of halogens is 2. The number of benzene rings is 2. The zero-order valence-electron chi connectivity index (χ0n) is 14.7. The molecule has 0 aliphatic carbocycles. The van der Waals surface area contributed by atoms with E-state index in [0.717, 1.165) is 34.9 Å². The molecule has 0 aliphatic heterocycles. The first-order valence-corrected chi connectivity index (χ1v) is 8.09. The summed E-state index contributed by atoms with van der Waals surface area (Å²) < 4.78 is 28.8. The van der Waals surface area contributed by atoms with Gasteiger partial charge >= 0.3 is 5.97 Å². The molecule has 26 heavy (non-hydrogen) atoms. The average Bonchev–Trinajstić information content (AvgIpc) is 2.86. The maximum atomic E-state index is 13.7. The van der Waals surface area contributed by atoms with Crippen LogP contribution in [0.2, 0.25) is 0 Å². The van der Waals surface area contributed by atoms with Crippen LogP contribution < -0.4 is 0 Å². The van der Waals surface area contributed by atoms with Crippen molar-refractivity contribution in [3.63, 3.8) is 0 Å². The van der Waals surface area contributed by atoms with E-state index in [1.165, 1.54) is 4.57 Å². The van der Waals surface area contributed by atoms with Crippen molar-refractivity contribution in [3.05, 3.63) is 76.1 Å². The number of hydrogen-bond acceptors (Lipinski definition) is 2. The quantitative estimate of drug-likeness (QED) is 0.749. The van der Waals surface area contributed by atoms with Gasteiger partial charge in [-0.3, -0.25) is 0 Å². The molecule has 6 heteroatoms.